The Kier molecular flexibility index (Phi) is 2.76. The molecule has 0 saturated heterocycles. The molecule has 0 spiro atoms. The molecule has 0 bridgehead atoms. The van der Waals surface area contributed by atoms with Gasteiger partial charge in [-0.25, -0.2) is 0 Å². The van der Waals surface area contributed by atoms with Crippen LogP contribution in [0.1, 0.15) is 5.56 Å². The Hall–Kier alpha value is -2.25. The minimum atomic E-state index is 0.800. The highest BCUT2D eigenvalue weighted by atomic mass is 35.5. The maximum Gasteiger partial charge on any atom is 0.0541 e. The predicted octanol–water partition coefficient (Wildman–Crippen LogP) is 5.75. The Morgan fingerprint density at radius 1 is 0.762 bits per heavy atom. The first-order valence-corrected chi connectivity index (χ1v) is 7.38. The second-order valence-electron chi connectivity index (χ2n) is 5.30. The first kappa shape index (κ1) is 12.5. The second-order valence-corrected chi connectivity index (χ2v) is 5.71. The third-order valence-corrected chi connectivity index (χ3v) is 4.40. The molecule has 0 N–H and O–H groups in total. The lowest BCUT2D eigenvalue weighted by molar-refractivity contribution is 1.17. The van der Waals surface area contributed by atoms with Crippen LogP contribution in [0.3, 0.4) is 0 Å². The number of nitrogens with zero attached hydrogens (tertiary/aromatic N) is 1. The van der Waals surface area contributed by atoms with Gasteiger partial charge in [0.2, 0.25) is 0 Å². The zero-order chi connectivity index (χ0) is 14.4. The Bertz CT molecular complexity index is 913. The van der Waals surface area contributed by atoms with Crippen LogP contribution in [0.15, 0.2) is 66.7 Å². The number of benzene rings is 3. The van der Waals surface area contributed by atoms with Crippen LogP contribution in [0, 0.1) is 6.92 Å². The molecule has 0 saturated carbocycles. The van der Waals surface area contributed by atoms with E-state index in [0.29, 0.717) is 0 Å². The van der Waals surface area contributed by atoms with Crippen LogP contribution < -0.4 is 0 Å². The Morgan fingerprint density at radius 3 is 1.90 bits per heavy atom. The number of hydrogen-bond acceptors (Lipinski definition) is 0. The summed E-state index contributed by atoms with van der Waals surface area (Å²) in [7, 11) is 0. The maximum atomic E-state index is 6.32. The highest BCUT2D eigenvalue weighted by Gasteiger charge is 2.11. The van der Waals surface area contributed by atoms with Crippen molar-refractivity contribution < 1.29 is 0 Å². The number of hydrogen-bond donors (Lipinski definition) is 0. The van der Waals surface area contributed by atoms with Crippen LogP contribution in [0.2, 0.25) is 5.02 Å². The fourth-order valence-electron chi connectivity index (χ4n) is 2.92. The minimum absolute atomic E-state index is 0.800. The topological polar surface area (TPSA) is 4.93 Å². The number of rotatable bonds is 1. The molecule has 1 nitrogen and oxygen atoms in total. The molecule has 4 aromatic rings. The van der Waals surface area contributed by atoms with Gasteiger partial charge >= 0.3 is 0 Å². The fourth-order valence-corrected chi connectivity index (χ4v) is 3.10. The lowest BCUT2D eigenvalue weighted by Crippen LogP contribution is -1.94. The second kappa shape index (κ2) is 4.64. The zero-order valence-corrected chi connectivity index (χ0v) is 12.4. The summed E-state index contributed by atoms with van der Waals surface area (Å²) in [6.07, 6.45) is 0. The summed E-state index contributed by atoms with van der Waals surface area (Å²) >= 11 is 6.32. The lowest BCUT2D eigenvalue weighted by Gasteiger charge is -2.09. The van der Waals surface area contributed by atoms with Crippen molar-refractivity contribution >= 4 is 33.4 Å². The van der Waals surface area contributed by atoms with Crippen molar-refractivity contribution in [3.63, 3.8) is 0 Å². The third kappa shape index (κ3) is 1.85. The van der Waals surface area contributed by atoms with Crippen LogP contribution in [-0.2, 0) is 0 Å². The SMILES string of the molecule is Cc1ccc(-n2c3ccccc3c3ccccc32)cc1Cl. The van der Waals surface area contributed by atoms with E-state index in [1.165, 1.54) is 21.8 Å². The molecule has 0 aliphatic heterocycles. The van der Waals surface area contributed by atoms with Gasteiger partial charge in [-0.05, 0) is 36.8 Å². The van der Waals surface area contributed by atoms with Crippen molar-refractivity contribution in [1.82, 2.24) is 4.57 Å². The Labute approximate surface area is 128 Å². The van der Waals surface area contributed by atoms with Gasteiger partial charge in [-0.1, -0.05) is 54.1 Å². The number of fused-ring (bicyclic) bond motifs is 3. The minimum Gasteiger partial charge on any atom is -0.309 e. The smallest absolute Gasteiger partial charge is 0.0541 e. The summed E-state index contributed by atoms with van der Waals surface area (Å²) < 4.78 is 2.27. The van der Waals surface area contributed by atoms with Gasteiger partial charge in [0.15, 0.2) is 0 Å². The first-order chi connectivity index (χ1) is 10.3. The molecule has 1 aromatic heterocycles. The third-order valence-electron chi connectivity index (χ3n) is 3.99. The largest absolute Gasteiger partial charge is 0.309 e. The molecule has 4 rings (SSSR count). The summed E-state index contributed by atoms with van der Waals surface area (Å²) in [5.74, 6) is 0. The highest BCUT2D eigenvalue weighted by Crippen LogP contribution is 2.32. The van der Waals surface area contributed by atoms with E-state index < -0.39 is 0 Å². The van der Waals surface area contributed by atoms with E-state index in [0.717, 1.165) is 16.3 Å². The quantitative estimate of drug-likeness (QED) is 0.421. The number of aryl methyl sites for hydroxylation is 1. The van der Waals surface area contributed by atoms with Crippen molar-refractivity contribution in [2.24, 2.45) is 0 Å². The van der Waals surface area contributed by atoms with E-state index in [9.17, 15) is 0 Å². The normalized spacial score (nSPS) is 11.3. The van der Waals surface area contributed by atoms with Crippen molar-refractivity contribution in [1.29, 1.82) is 0 Å². The van der Waals surface area contributed by atoms with Crippen molar-refractivity contribution in [2.45, 2.75) is 6.92 Å². The summed E-state index contributed by atoms with van der Waals surface area (Å²) in [6, 6.07) is 23.2. The molecule has 0 radical (unpaired) electrons. The van der Waals surface area contributed by atoms with Gasteiger partial charge in [0.25, 0.3) is 0 Å². The molecule has 0 atom stereocenters. The Morgan fingerprint density at radius 2 is 1.33 bits per heavy atom. The molecule has 0 aliphatic carbocycles. The summed E-state index contributed by atoms with van der Waals surface area (Å²) in [6.45, 7) is 2.03. The number of halogens is 1. The van der Waals surface area contributed by atoms with Gasteiger partial charge in [-0.2, -0.15) is 0 Å². The Balaban J connectivity index is 2.17. The molecule has 0 amide bonds. The zero-order valence-electron chi connectivity index (χ0n) is 11.7. The van der Waals surface area contributed by atoms with Gasteiger partial charge < -0.3 is 4.57 Å². The van der Waals surface area contributed by atoms with Gasteiger partial charge in [-0.3, -0.25) is 0 Å². The van der Waals surface area contributed by atoms with E-state index in [-0.39, 0.29) is 0 Å². The van der Waals surface area contributed by atoms with Crippen LogP contribution in [-0.4, -0.2) is 4.57 Å². The van der Waals surface area contributed by atoms with E-state index in [1.54, 1.807) is 0 Å². The van der Waals surface area contributed by atoms with Crippen LogP contribution >= 0.6 is 11.6 Å². The van der Waals surface area contributed by atoms with Gasteiger partial charge in [-0.15, -0.1) is 0 Å². The average molecular weight is 292 g/mol. The molecule has 2 heteroatoms. The van der Waals surface area contributed by atoms with Crippen molar-refractivity contribution in [2.75, 3.05) is 0 Å². The summed E-state index contributed by atoms with van der Waals surface area (Å²) in [4.78, 5) is 0. The average Bonchev–Trinajstić information content (AvgIpc) is 2.85. The number of para-hydroxylation sites is 2. The van der Waals surface area contributed by atoms with Crippen LogP contribution in [0.25, 0.3) is 27.5 Å². The molecule has 102 valence electrons. The molecular formula is C19H14ClN. The first-order valence-electron chi connectivity index (χ1n) is 7.00. The number of aromatic nitrogens is 1. The van der Waals surface area contributed by atoms with Crippen molar-refractivity contribution in [3.8, 4) is 5.69 Å². The van der Waals surface area contributed by atoms with E-state index in [1.807, 2.05) is 13.0 Å². The van der Waals surface area contributed by atoms with Crippen LogP contribution in [0.4, 0.5) is 0 Å². The lowest BCUT2D eigenvalue weighted by atomic mass is 10.2. The van der Waals surface area contributed by atoms with Gasteiger partial charge in [0, 0.05) is 21.5 Å². The predicted molar refractivity (Wildman–Crippen MR) is 90.5 cm³/mol. The maximum absolute atomic E-state index is 6.32. The monoisotopic (exact) mass is 291 g/mol. The van der Waals surface area contributed by atoms with Crippen LogP contribution in [0.5, 0.6) is 0 Å². The standard InChI is InChI=1S/C19H14ClN/c1-13-10-11-14(12-17(13)20)21-18-8-4-2-6-15(18)16-7-3-5-9-19(16)21/h2-12H,1H3. The summed E-state index contributed by atoms with van der Waals surface area (Å²) in [5.41, 5.74) is 4.61. The molecular weight excluding hydrogens is 278 g/mol. The summed E-state index contributed by atoms with van der Waals surface area (Å²) in [5, 5.41) is 3.34. The van der Waals surface area contributed by atoms with E-state index in [4.69, 9.17) is 11.6 Å². The molecule has 0 aliphatic rings. The van der Waals surface area contributed by atoms with Gasteiger partial charge in [0.1, 0.15) is 0 Å². The van der Waals surface area contributed by atoms with Crippen molar-refractivity contribution in [3.05, 3.63) is 77.3 Å². The van der Waals surface area contributed by atoms with E-state index >= 15 is 0 Å². The molecule has 0 fully saturated rings. The van der Waals surface area contributed by atoms with E-state index in [2.05, 4.69) is 65.2 Å². The highest BCUT2D eigenvalue weighted by molar-refractivity contribution is 6.31. The molecule has 1 heterocycles. The molecule has 0 unspecified atom stereocenters. The molecule has 3 aromatic carbocycles. The molecule has 21 heavy (non-hydrogen) atoms. The van der Waals surface area contributed by atoms with Gasteiger partial charge in [0.05, 0.1) is 11.0 Å². The fraction of sp³-hybridized carbons (Fsp3) is 0.0526.